The van der Waals surface area contributed by atoms with Gasteiger partial charge in [0.25, 0.3) is 0 Å². The number of methoxy groups -OCH3 is 1. The van der Waals surface area contributed by atoms with Crippen molar-refractivity contribution in [1.82, 2.24) is 0 Å². The molecule has 2 rings (SSSR count). The van der Waals surface area contributed by atoms with Gasteiger partial charge in [0.1, 0.15) is 23.5 Å². The highest BCUT2D eigenvalue weighted by Gasteiger charge is 2.21. The van der Waals surface area contributed by atoms with E-state index in [1.807, 2.05) is 6.92 Å². The van der Waals surface area contributed by atoms with Gasteiger partial charge in [-0.25, -0.2) is 8.78 Å². The molecule has 0 fully saturated rings. The Balaban J connectivity index is 2.54. The molecular weight excluding hydrogens is 262 g/mol. The molecule has 0 saturated heterocycles. The van der Waals surface area contributed by atoms with Crippen LogP contribution in [0.2, 0.25) is 0 Å². The lowest BCUT2D eigenvalue weighted by molar-refractivity contribution is 0.208. The third kappa shape index (κ3) is 2.51. The van der Waals surface area contributed by atoms with E-state index in [-0.39, 0.29) is 5.56 Å². The monoisotopic (exact) mass is 278 g/mol. The minimum atomic E-state index is -1.35. The number of hydrogen-bond acceptors (Lipinski definition) is 2. The van der Waals surface area contributed by atoms with E-state index in [2.05, 4.69) is 0 Å². The zero-order valence-electron chi connectivity index (χ0n) is 11.6. The van der Waals surface area contributed by atoms with Gasteiger partial charge < -0.3 is 9.84 Å². The number of rotatable bonds is 3. The summed E-state index contributed by atoms with van der Waals surface area (Å²) in [7, 11) is 1.55. The van der Waals surface area contributed by atoms with E-state index < -0.39 is 17.7 Å². The van der Waals surface area contributed by atoms with Crippen molar-refractivity contribution in [3.8, 4) is 5.75 Å². The molecule has 2 aromatic rings. The van der Waals surface area contributed by atoms with Crippen molar-refractivity contribution < 1.29 is 18.6 Å². The number of ether oxygens (including phenoxy) is 1. The van der Waals surface area contributed by atoms with E-state index in [9.17, 15) is 13.9 Å². The highest BCUT2D eigenvalue weighted by Crippen LogP contribution is 2.32. The van der Waals surface area contributed by atoms with Gasteiger partial charge in [-0.2, -0.15) is 0 Å². The van der Waals surface area contributed by atoms with Gasteiger partial charge in [0.05, 0.1) is 12.7 Å². The van der Waals surface area contributed by atoms with E-state index in [1.165, 1.54) is 6.07 Å². The van der Waals surface area contributed by atoms with Crippen LogP contribution in [0.15, 0.2) is 30.3 Å². The summed E-state index contributed by atoms with van der Waals surface area (Å²) in [6.07, 6.45) is -1.35. The summed E-state index contributed by atoms with van der Waals surface area (Å²) in [5.74, 6) is -0.844. The van der Waals surface area contributed by atoms with Crippen LogP contribution in [0.4, 0.5) is 8.78 Å². The predicted octanol–water partition coefficient (Wildman–Crippen LogP) is 3.67. The average Bonchev–Trinajstić information content (AvgIpc) is 2.40. The maximum atomic E-state index is 13.7. The second-order valence-corrected chi connectivity index (χ2v) is 4.72. The highest BCUT2D eigenvalue weighted by atomic mass is 19.1. The van der Waals surface area contributed by atoms with E-state index in [4.69, 9.17) is 4.74 Å². The Morgan fingerprint density at radius 3 is 2.20 bits per heavy atom. The highest BCUT2D eigenvalue weighted by molar-refractivity contribution is 5.45. The maximum absolute atomic E-state index is 13.7. The van der Waals surface area contributed by atoms with Crippen LogP contribution in [0.1, 0.15) is 28.4 Å². The SMILES string of the molecule is COc1cc(C)c(C(O)c2c(F)cccc2F)cc1C. The summed E-state index contributed by atoms with van der Waals surface area (Å²) in [6, 6.07) is 6.96. The smallest absolute Gasteiger partial charge is 0.132 e. The van der Waals surface area contributed by atoms with Crippen molar-refractivity contribution >= 4 is 0 Å². The molecule has 0 amide bonds. The number of halogens is 2. The Bertz CT molecular complexity index is 618. The van der Waals surface area contributed by atoms with Crippen molar-refractivity contribution in [3.63, 3.8) is 0 Å². The Labute approximate surface area is 116 Å². The fraction of sp³-hybridized carbons (Fsp3) is 0.250. The van der Waals surface area contributed by atoms with Gasteiger partial charge in [-0.3, -0.25) is 0 Å². The number of aliphatic hydroxyl groups excluding tert-OH is 1. The second-order valence-electron chi connectivity index (χ2n) is 4.72. The largest absolute Gasteiger partial charge is 0.496 e. The van der Waals surface area contributed by atoms with Gasteiger partial charge >= 0.3 is 0 Å². The van der Waals surface area contributed by atoms with Gasteiger partial charge in [-0.1, -0.05) is 6.07 Å². The lowest BCUT2D eigenvalue weighted by Crippen LogP contribution is -2.08. The lowest BCUT2D eigenvalue weighted by Gasteiger charge is -2.18. The molecule has 20 heavy (non-hydrogen) atoms. The van der Waals surface area contributed by atoms with E-state index in [0.29, 0.717) is 16.9 Å². The summed E-state index contributed by atoms with van der Waals surface area (Å²) in [4.78, 5) is 0. The lowest BCUT2D eigenvalue weighted by atomic mass is 9.94. The quantitative estimate of drug-likeness (QED) is 0.928. The topological polar surface area (TPSA) is 29.5 Å². The van der Waals surface area contributed by atoms with Crippen LogP contribution >= 0.6 is 0 Å². The first kappa shape index (κ1) is 14.5. The standard InChI is InChI=1S/C16H16F2O2/c1-9-8-14(20-3)10(2)7-11(9)16(19)15-12(17)5-4-6-13(15)18/h4-8,16,19H,1-3H3. The normalized spacial score (nSPS) is 12.3. The molecule has 1 N–H and O–H groups in total. The first-order valence-electron chi connectivity index (χ1n) is 6.22. The molecule has 0 spiro atoms. The summed E-state index contributed by atoms with van der Waals surface area (Å²) < 4.78 is 32.7. The van der Waals surface area contributed by atoms with Gasteiger partial charge in [-0.05, 0) is 54.8 Å². The van der Waals surface area contributed by atoms with Gasteiger partial charge in [-0.15, -0.1) is 0 Å². The van der Waals surface area contributed by atoms with Gasteiger partial charge in [0.15, 0.2) is 0 Å². The average molecular weight is 278 g/mol. The number of aryl methyl sites for hydroxylation is 2. The van der Waals surface area contributed by atoms with Crippen molar-refractivity contribution in [2.75, 3.05) is 7.11 Å². The maximum Gasteiger partial charge on any atom is 0.132 e. The Morgan fingerprint density at radius 1 is 1.05 bits per heavy atom. The molecule has 2 aromatic carbocycles. The predicted molar refractivity (Wildman–Crippen MR) is 72.9 cm³/mol. The molecule has 0 radical (unpaired) electrons. The minimum Gasteiger partial charge on any atom is -0.496 e. The fourth-order valence-electron chi connectivity index (χ4n) is 2.25. The molecule has 0 bridgehead atoms. The van der Waals surface area contributed by atoms with Crippen LogP contribution in [0.5, 0.6) is 5.75 Å². The summed E-state index contributed by atoms with van der Waals surface area (Å²) in [6.45, 7) is 3.57. The van der Waals surface area contributed by atoms with Crippen molar-refractivity contribution in [2.45, 2.75) is 20.0 Å². The molecule has 1 atom stereocenters. The van der Waals surface area contributed by atoms with Crippen LogP contribution in [0.3, 0.4) is 0 Å². The van der Waals surface area contributed by atoms with Crippen LogP contribution < -0.4 is 4.74 Å². The zero-order valence-corrected chi connectivity index (χ0v) is 11.6. The van der Waals surface area contributed by atoms with E-state index in [0.717, 1.165) is 17.7 Å². The molecular formula is C16H16F2O2. The zero-order chi connectivity index (χ0) is 14.9. The van der Waals surface area contributed by atoms with Crippen molar-refractivity contribution in [3.05, 3.63) is 64.2 Å². The molecule has 4 heteroatoms. The van der Waals surface area contributed by atoms with Crippen LogP contribution in [-0.4, -0.2) is 12.2 Å². The number of benzene rings is 2. The third-order valence-electron chi connectivity index (χ3n) is 3.35. The Hall–Kier alpha value is -1.94. The van der Waals surface area contributed by atoms with E-state index >= 15 is 0 Å². The molecule has 1 unspecified atom stereocenters. The van der Waals surface area contributed by atoms with Crippen molar-refractivity contribution in [1.29, 1.82) is 0 Å². The summed E-state index contributed by atoms with van der Waals surface area (Å²) in [5, 5.41) is 10.3. The van der Waals surface area contributed by atoms with Crippen LogP contribution in [0.25, 0.3) is 0 Å². The number of aliphatic hydroxyl groups is 1. The molecule has 2 nitrogen and oxygen atoms in total. The Kier molecular flexibility index (Phi) is 4.04. The van der Waals surface area contributed by atoms with Gasteiger partial charge in [0, 0.05) is 0 Å². The second kappa shape index (κ2) is 5.59. The number of hydrogen-bond donors (Lipinski definition) is 1. The molecule has 0 aliphatic rings. The molecule has 0 aromatic heterocycles. The van der Waals surface area contributed by atoms with E-state index in [1.54, 1.807) is 26.2 Å². The minimum absolute atomic E-state index is 0.333. The molecule has 0 heterocycles. The Morgan fingerprint density at radius 2 is 1.65 bits per heavy atom. The van der Waals surface area contributed by atoms with Crippen molar-refractivity contribution in [2.24, 2.45) is 0 Å². The summed E-state index contributed by atoms with van der Waals surface area (Å²) in [5.41, 5.74) is 1.64. The van der Waals surface area contributed by atoms with Crippen LogP contribution in [-0.2, 0) is 0 Å². The van der Waals surface area contributed by atoms with Gasteiger partial charge in [0.2, 0.25) is 0 Å². The first-order chi connectivity index (χ1) is 9.45. The molecule has 106 valence electrons. The van der Waals surface area contributed by atoms with Crippen LogP contribution in [0, 0.1) is 25.5 Å². The molecule has 0 aliphatic carbocycles. The first-order valence-corrected chi connectivity index (χ1v) is 6.22. The fourth-order valence-corrected chi connectivity index (χ4v) is 2.25. The molecule has 0 saturated carbocycles. The third-order valence-corrected chi connectivity index (χ3v) is 3.35. The molecule has 0 aliphatic heterocycles. The summed E-state index contributed by atoms with van der Waals surface area (Å²) >= 11 is 0.